The molecule has 0 amide bonds. The molecule has 0 spiro atoms. The first-order chi connectivity index (χ1) is 8.46. The molecule has 2 N–H and O–H groups in total. The number of ether oxygens (including phenoxy) is 1. The van der Waals surface area contributed by atoms with Gasteiger partial charge in [0, 0.05) is 12.6 Å². The van der Waals surface area contributed by atoms with E-state index in [0.29, 0.717) is 11.4 Å². The van der Waals surface area contributed by atoms with Crippen molar-refractivity contribution in [1.29, 1.82) is 0 Å². The van der Waals surface area contributed by atoms with Gasteiger partial charge in [0.05, 0.1) is 6.61 Å². The Morgan fingerprint density at radius 2 is 2.17 bits per heavy atom. The summed E-state index contributed by atoms with van der Waals surface area (Å²) < 4.78 is 42.5. The second kappa shape index (κ2) is 4.71. The molecule has 0 radical (unpaired) electrons. The summed E-state index contributed by atoms with van der Waals surface area (Å²) in [6, 6.07) is 3.26. The average Bonchev–Trinajstić information content (AvgIpc) is 2.64. The van der Waals surface area contributed by atoms with Gasteiger partial charge in [0.2, 0.25) is 5.95 Å². The van der Waals surface area contributed by atoms with Crippen LogP contribution in [-0.4, -0.2) is 27.4 Å². The largest absolute Gasteiger partial charge is 0.490 e. The Morgan fingerprint density at radius 3 is 2.89 bits per heavy atom. The Balaban J connectivity index is 1.99. The number of anilines is 1. The third-order valence-electron chi connectivity index (χ3n) is 2.21. The minimum Gasteiger partial charge on any atom is -0.490 e. The molecule has 0 saturated heterocycles. The Kier molecular flexibility index (Phi) is 3.26. The maximum Gasteiger partial charge on any atom is 0.389 e. The summed E-state index contributed by atoms with van der Waals surface area (Å²) in [5.41, 5.74) is 5.81. The summed E-state index contributed by atoms with van der Waals surface area (Å²) in [6.07, 6.45) is -3.50. The fourth-order valence-electron chi connectivity index (χ4n) is 1.47. The topological polar surface area (TPSA) is 65.4 Å². The van der Waals surface area contributed by atoms with Crippen molar-refractivity contribution in [2.75, 3.05) is 12.3 Å². The summed E-state index contributed by atoms with van der Waals surface area (Å²) in [7, 11) is 0. The quantitative estimate of drug-likeness (QED) is 0.854. The Morgan fingerprint density at radius 1 is 1.39 bits per heavy atom. The number of fused-ring (bicyclic) bond motifs is 1. The van der Waals surface area contributed by atoms with Gasteiger partial charge in [-0.15, -0.1) is 5.10 Å². The van der Waals surface area contributed by atoms with E-state index in [0.717, 1.165) is 0 Å². The highest BCUT2D eigenvalue weighted by atomic mass is 19.4. The zero-order valence-electron chi connectivity index (χ0n) is 9.31. The van der Waals surface area contributed by atoms with Crippen LogP contribution in [0.2, 0.25) is 0 Å². The van der Waals surface area contributed by atoms with E-state index < -0.39 is 12.6 Å². The van der Waals surface area contributed by atoms with Gasteiger partial charge in [0.25, 0.3) is 0 Å². The monoisotopic (exact) mass is 260 g/mol. The highest BCUT2D eigenvalue weighted by Gasteiger charge is 2.26. The molecule has 8 heteroatoms. The Labute approximate surface area is 100 Å². The minimum absolute atomic E-state index is 0.0358. The Hall–Kier alpha value is -1.99. The molecule has 0 saturated carbocycles. The second-order valence-electron chi connectivity index (χ2n) is 3.68. The van der Waals surface area contributed by atoms with Crippen LogP contribution in [0.5, 0.6) is 5.75 Å². The molecule has 0 aliphatic rings. The number of rotatable bonds is 4. The van der Waals surface area contributed by atoms with Gasteiger partial charge in [-0.2, -0.15) is 18.2 Å². The van der Waals surface area contributed by atoms with E-state index in [9.17, 15) is 13.2 Å². The number of nitrogen functional groups attached to an aromatic ring is 1. The van der Waals surface area contributed by atoms with Crippen molar-refractivity contribution in [3.63, 3.8) is 0 Å². The highest BCUT2D eigenvalue weighted by Crippen LogP contribution is 2.22. The number of hydrogen-bond donors (Lipinski definition) is 1. The highest BCUT2D eigenvalue weighted by molar-refractivity contribution is 5.54. The van der Waals surface area contributed by atoms with Crippen molar-refractivity contribution in [2.24, 2.45) is 0 Å². The van der Waals surface area contributed by atoms with E-state index >= 15 is 0 Å². The lowest BCUT2D eigenvalue weighted by Crippen LogP contribution is -2.10. The molecule has 0 aromatic carbocycles. The van der Waals surface area contributed by atoms with Crippen LogP contribution in [0.3, 0.4) is 0 Å². The van der Waals surface area contributed by atoms with Crippen molar-refractivity contribution in [3.05, 3.63) is 18.3 Å². The van der Waals surface area contributed by atoms with Crippen LogP contribution >= 0.6 is 0 Å². The van der Waals surface area contributed by atoms with Crippen LogP contribution in [-0.2, 0) is 0 Å². The average molecular weight is 260 g/mol. The van der Waals surface area contributed by atoms with Gasteiger partial charge in [0.15, 0.2) is 11.4 Å². The molecule has 0 fully saturated rings. The molecule has 0 unspecified atom stereocenters. The number of pyridine rings is 1. The summed E-state index contributed by atoms with van der Waals surface area (Å²) >= 11 is 0. The van der Waals surface area contributed by atoms with Crippen LogP contribution in [0.1, 0.15) is 12.8 Å². The summed E-state index contributed by atoms with van der Waals surface area (Å²) in [5, 5.41) is 3.86. The second-order valence-corrected chi connectivity index (χ2v) is 3.68. The molecule has 0 atom stereocenters. The van der Waals surface area contributed by atoms with Crippen molar-refractivity contribution >= 4 is 11.6 Å². The van der Waals surface area contributed by atoms with Crippen LogP contribution in [0.15, 0.2) is 18.3 Å². The van der Waals surface area contributed by atoms with Gasteiger partial charge in [-0.25, -0.2) is 4.52 Å². The number of nitrogens with two attached hydrogens (primary N) is 1. The molecule has 0 bridgehead atoms. The molecule has 2 aromatic heterocycles. The van der Waals surface area contributed by atoms with Crippen molar-refractivity contribution in [3.8, 4) is 5.75 Å². The Bertz CT molecular complexity index is 537. The van der Waals surface area contributed by atoms with Gasteiger partial charge in [-0.05, 0) is 18.6 Å². The first kappa shape index (κ1) is 12.5. The van der Waals surface area contributed by atoms with Gasteiger partial charge in [-0.1, -0.05) is 0 Å². The normalized spacial score (nSPS) is 11.9. The van der Waals surface area contributed by atoms with E-state index in [2.05, 4.69) is 10.1 Å². The third kappa shape index (κ3) is 3.02. The molecular formula is C10H11F3N4O. The summed E-state index contributed by atoms with van der Waals surface area (Å²) in [4.78, 5) is 3.92. The van der Waals surface area contributed by atoms with Gasteiger partial charge in [0.1, 0.15) is 0 Å². The first-order valence-corrected chi connectivity index (χ1v) is 5.26. The van der Waals surface area contributed by atoms with E-state index in [-0.39, 0.29) is 19.0 Å². The van der Waals surface area contributed by atoms with Gasteiger partial charge in [-0.3, -0.25) is 0 Å². The maximum atomic E-state index is 11.9. The zero-order valence-corrected chi connectivity index (χ0v) is 9.31. The van der Waals surface area contributed by atoms with Gasteiger partial charge >= 0.3 is 6.18 Å². The number of nitrogens with zero attached hydrogens (tertiary/aromatic N) is 3. The van der Waals surface area contributed by atoms with E-state index in [1.54, 1.807) is 18.3 Å². The number of aromatic nitrogens is 3. The first-order valence-electron chi connectivity index (χ1n) is 5.26. The van der Waals surface area contributed by atoms with Crippen molar-refractivity contribution < 1.29 is 17.9 Å². The molecule has 5 nitrogen and oxygen atoms in total. The smallest absolute Gasteiger partial charge is 0.389 e. The third-order valence-corrected chi connectivity index (χ3v) is 2.21. The molecule has 18 heavy (non-hydrogen) atoms. The lowest BCUT2D eigenvalue weighted by atomic mass is 10.3. The van der Waals surface area contributed by atoms with Crippen LogP contribution in [0.4, 0.5) is 19.1 Å². The van der Waals surface area contributed by atoms with Crippen LogP contribution in [0.25, 0.3) is 5.65 Å². The number of halogens is 3. The fraction of sp³-hybridized carbons (Fsp3) is 0.400. The minimum atomic E-state index is -4.16. The summed E-state index contributed by atoms with van der Waals surface area (Å²) in [5.74, 6) is 0.449. The zero-order chi connectivity index (χ0) is 13.2. The molecule has 0 aliphatic carbocycles. The molecule has 2 aromatic rings. The van der Waals surface area contributed by atoms with Crippen LogP contribution < -0.4 is 10.5 Å². The SMILES string of the molecule is Nc1nc2c(OCCCC(F)(F)F)cccn2n1. The molecule has 2 heterocycles. The lowest BCUT2D eigenvalue weighted by molar-refractivity contribution is -0.136. The maximum absolute atomic E-state index is 11.9. The number of hydrogen-bond acceptors (Lipinski definition) is 4. The number of alkyl halides is 3. The van der Waals surface area contributed by atoms with Gasteiger partial charge < -0.3 is 10.5 Å². The van der Waals surface area contributed by atoms with Crippen LogP contribution in [0, 0.1) is 0 Å². The van der Waals surface area contributed by atoms with Crippen molar-refractivity contribution in [2.45, 2.75) is 19.0 Å². The standard InChI is InChI=1S/C10H11F3N4O/c11-10(12,13)4-2-6-18-7-3-1-5-17-8(7)15-9(14)16-17/h1,3,5H,2,4,6H2,(H2,14,16). The fourth-order valence-corrected chi connectivity index (χ4v) is 1.47. The molecular weight excluding hydrogens is 249 g/mol. The molecule has 0 aliphatic heterocycles. The van der Waals surface area contributed by atoms with E-state index in [4.69, 9.17) is 10.5 Å². The van der Waals surface area contributed by atoms with E-state index in [1.807, 2.05) is 0 Å². The molecule has 2 rings (SSSR count). The predicted molar refractivity (Wildman–Crippen MR) is 58.2 cm³/mol. The van der Waals surface area contributed by atoms with Crippen molar-refractivity contribution in [1.82, 2.24) is 14.6 Å². The summed E-state index contributed by atoms with van der Waals surface area (Å²) in [6.45, 7) is -0.0358. The van der Waals surface area contributed by atoms with E-state index in [1.165, 1.54) is 4.52 Å². The lowest BCUT2D eigenvalue weighted by Gasteiger charge is -2.08. The predicted octanol–water partition coefficient (Wildman–Crippen LogP) is 2.03. The molecule has 98 valence electrons.